The number of carbonyl (C=O) groups is 1. The monoisotopic (exact) mass is 330 g/mol. The molecule has 1 saturated heterocycles. The van der Waals surface area contributed by atoms with Crippen molar-refractivity contribution < 1.29 is 9.53 Å². The Hall–Kier alpha value is -2.48. The Bertz CT molecular complexity index is 714. The van der Waals surface area contributed by atoms with Crippen LogP contribution in [0.25, 0.3) is 0 Å². The van der Waals surface area contributed by atoms with E-state index in [1.165, 1.54) is 0 Å². The number of hydrogen-bond donors (Lipinski definition) is 2. The van der Waals surface area contributed by atoms with Gasteiger partial charge in [-0.3, -0.25) is 14.9 Å². The summed E-state index contributed by atoms with van der Waals surface area (Å²) in [5.74, 6) is 1.31. The van der Waals surface area contributed by atoms with E-state index in [4.69, 9.17) is 4.74 Å². The lowest BCUT2D eigenvalue weighted by Gasteiger charge is -2.17. The predicted molar refractivity (Wildman–Crippen MR) is 88.9 cm³/mol. The van der Waals surface area contributed by atoms with Gasteiger partial charge in [-0.05, 0) is 25.8 Å². The van der Waals surface area contributed by atoms with Crippen molar-refractivity contribution in [2.24, 2.45) is 0 Å². The van der Waals surface area contributed by atoms with Crippen molar-refractivity contribution in [2.75, 3.05) is 25.5 Å². The maximum atomic E-state index is 12.4. The minimum absolute atomic E-state index is 0.0303. The number of nitrogens with zero attached hydrogens (tertiary/aromatic N) is 4. The summed E-state index contributed by atoms with van der Waals surface area (Å²) in [4.78, 5) is 22.7. The molecule has 0 bridgehead atoms. The lowest BCUT2D eigenvalue weighted by Crippen LogP contribution is -2.33. The van der Waals surface area contributed by atoms with E-state index >= 15 is 0 Å². The average Bonchev–Trinajstić information content (AvgIpc) is 3.21. The van der Waals surface area contributed by atoms with Crippen molar-refractivity contribution in [3.63, 3.8) is 0 Å². The number of nitrogens with one attached hydrogen (secondary N) is 2. The van der Waals surface area contributed by atoms with Gasteiger partial charge in [0.1, 0.15) is 11.9 Å². The first-order valence-corrected chi connectivity index (χ1v) is 7.98. The highest BCUT2D eigenvalue weighted by molar-refractivity contribution is 5.99. The topological polar surface area (TPSA) is 96.0 Å². The fourth-order valence-corrected chi connectivity index (χ4v) is 2.80. The molecule has 128 valence electrons. The van der Waals surface area contributed by atoms with Crippen LogP contribution < -0.4 is 10.2 Å². The second-order valence-electron chi connectivity index (χ2n) is 6.10. The highest BCUT2D eigenvalue weighted by Gasteiger charge is 2.29. The van der Waals surface area contributed by atoms with E-state index < -0.39 is 0 Å². The maximum Gasteiger partial charge on any atom is 0.255 e. The van der Waals surface area contributed by atoms with Crippen LogP contribution in [0, 0.1) is 6.92 Å². The van der Waals surface area contributed by atoms with Gasteiger partial charge in [0.25, 0.3) is 5.91 Å². The highest BCUT2D eigenvalue weighted by atomic mass is 16.5. The SMILES string of the molecule is Cc1nc([C@@H]2CC[C@H](CNC(=O)c3cnccc3N(C)C)O2)n[nH]1. The Balaban J connectivity index is 1.56. The van der Waals surface area contributed by atoms with Crippen LogP contribution in [0.1, 0.15) is 41.0 Å². The zero-order valence-corrected chi connectivity index (χ0v) is 14.1. The van der Waals surface area contributed by atoms with E-state index in [0.29, 0.717) is 17.9 Å². The molecule has 0 saturated carbocycles. The van der Waals surface area contributed by atoms with Crippen molar-refractivity contribution in [2.45, 2.75) is 32.0 Å². The van der Waals surface area contributed by atoms with Crippen LogP contribution in [-0.2, 0) is 4.74 Å². The van der Waals surface area contributed by atoms with Crippen LogP contribution in [0.5, 0.6) is 0 Å². The highest BCUT2D eigenvalue weighted by Crippen LogP contribution is 2.30. The molecule has 8 heteroatoms. The molecular weight excluding hydrogens is 308 g/mol. The third-order valence-electron chi connectivity index (χ3n) is 4.02. The summed E-state index contributed by atoms with van der Waals surface area (Å²) < 4.78 is 5.94. The second-order valence-corrected chi connectivity index (χ2v) is 6.10. The molecule has 24 heavy (non-hydrogen) atoms. The first-order valence-electron chi connectivity index (χ1n) is 7.98. The molecule has 1 aliphatic heterocycles. The number of aromatic nitrogens is 4. The van der Waals surface area contributed by atoms with E-state index in [2.05, 4.69) is 25.5 Å². The van der Waals surface area contributed by atoms with Crippen LogP contribution in [0.3, 0.4) is 0 Å². The third-order valence-corrected chi connectivity index (χ3v) is 4.02. The Morgan fingerprint density at radius 2 is 2.29 bits per heavy atom. The van der Waals surface area contributed by atoms with Gasteiger partial charge in [0.05, 0.1) is 17.4 Å². The summed E-state index contributed by atoms with van der Waals surface area (Å²) in [6, 6.07) is 1.82. The normalized spacial score (nSPS) is 20.1. The molecule has 0 radical (unpaired) electrons. The van der Waals surface area contributed by atoms with E-state index in [-0.39, 0.29) is 18.1 Å². The zero-order valence-electron chi connectivity index (χ0n) is 14.1. The number of hydrogen-bond acceptors (Lipinski definition) is 6. The van der Waals surface area contributed by atoms with Gasteiger partial charge < -0.3 is 15.0 Å². The van der Waals surface area contributed by atoms with Crippen molar-refractivity contribution in [3.8, 4) is 0 Å². The van der Waals surface area contributed by atoms with Gasteiger partial charge in [0.15, 0.2) is 5.82 Å². The molecule has 0 aromatic carbocycles. The van der Waals surface area contributed by atoms with Crippen LogP contribution >= 0.6 is 0 Å². The Kier molecular flexibility index (Phi) is 4.75. The molecule has 1 amide bonds. The van der Waals surface area contributed by atoms with Crippen molar-refractivity contribution >= 4 is 11.6 Å². The molecule has 8 nitrogen and oxygen atoms in total. The summed E-state index contributed by atoms with van der Waals surface area (Å²) in [7, 11) is 3.80. The lowest BCUT2D eigenvalue weighted by molar-refractivity contribution is 0.0392. The third kappa shape index (κ3) is 3.53. The van der Waals surface area contributed by atoms with Crippen LogP contribution in [-0.4, -0.2) is 52.8 Å². The number of rotatable bonds is 5. The van der Waals surface area contributed by atoms with E-state index in [9.17, 15) is 4.79 Å². The molecule has 0 aliphatic carbocycles. The second kappa shape index (κ2) is 6.96. The fraction of sp³-hybridized carbons (Fsp3) is 0.500. The molecule has 0 unspecified atom stereocenters. The Morgan fingerprint density at radius 1 is 1.46 bits per heavy atom. The van der Waals surface area contributed by atoms with Gasteiger partial charge in [0, 0.05) is 33.0 Å². The fourth-order valence-electron chi connectivity index (χ4n) is 2.80. The van der Waals surface area contributed by atoms with Crippen LogP contribution in [0.15, 0.2) is 18.5 Å². The van der Waals surface area contributed by atoms with E-state index in [1.54, 1.807) is 12.4 Å². The molecule has 2 atom stereocenters. The molecule has 1 fully saturated rings. The van der Waals surface area contributed by atoms with Gasteiger partial charge in [-0.15, -0.1) is 0 Å². The first-order chi connectivity index (χ1) is 11.5. The number of aromatic amines is 1. The number of carbonyl (C=O) groups excluding carboxylic acids is 1. The number of amides is 1. The standard InChI is InChI=1S/C16H22N6O2/c1-10-19-15(21-20-10)14-5-4-11(24-14)8-18-16(23)12-9-17-7-6-13(12)22(2)3/h6-7,9,11,14H,4-5,8H2,1-3H3,(H,18,23)(H,19,20,21)/t11-,14+/m1/s1. The van der Waals surface area contributed by atoms with Gasteiger partial charge >= 0.3 is 0 Å². The molecule has 2 aromatic rings. The minimum Gasteiger partial charge on any atom is -0.377 e. The number of anilines is 1. The van der Waals surface area contributed by atoms with Crippen molar-refractivity contribution in [1.82, 2.24) is 25.5 Å². The van der Waals surface area contributed by atoms with Gasteiger partial charge in [-0.25, -0.2) is 4.98 Å². The number of ether oxygens (including phenoxy) is 1. The number of H-pyrrole nitrogens is 1. The molecule has 2 aromatic heterocycles. The van der Waals surface area contributed by atoms with Crippen molar-refractivity contribution in [3.05, 3.63) is 35.7 Å². The maximum absolute atomic E-state index is 12.4. The van der Waals surface area contributed by atoms with E-state index in [0.717, 1.165) is 24.4 Å². The lowest BCUT2D eigenvalue weighted by atomic mass is 10.1. The summed E-state index contributed by atoms with van der Waals surface area (Å²) in [5.41, 5.74) is 1.39. The minimum atomic E-state index is -0.146. The summed E-state index contributed by atoms with van der Waals surface area (Å²) in [5, 5.41) is 9.90. The van der Waals surface area contributed by atoms with Gasteiger partial charge in [-0.2, -0.15) is 5.10 Å². The quantitative estimate of drug-likeness (QED) is 0.856. The smallest absolute Gasteiger partial charge is 0.255 e. The molecule has 0 spiro atoms. The molecule has 1 aliphatic rings. The Morgan fingerprint density at radius 3 is 3.00 bits per heavy atom. The largest absolute Gasteiger partial charge is 0.377 e. The molecule has 3 heterocycles. The number of aryl methyl sites for hydroxylation is 1. The van der Waals surface area contributed by atoms with Crippen LogP contribution in [0.4, 0.5) is 5.69 Å². The molecule has 3 rings (SSSR count). The predicted octanol–water partition coefficient (Wildman–Crippen LogP) is 1.22. The molecular formula is C16H22N6O2. The zero-order chi connectivity index (χ0) is 17.1. The summed E-state index contributed by atoms with van der Waals surface area (Å²) >= 11 is 0. The Labute approximate surface area is 140 Å². The summed E-state index contributed by atoms with van der Waals surface area (Å²) in [6.45, 7) is 2.32. The van der Waals surface area contributed by atoms with Crippen molar-refractivity contribution in [1.29, 1.82) is 0 Å². The first kappa shape index (κ1) is 16.4. The van der Waals surface area contributed by atoms with Gasteiger partial charge in [0.2, 0.25) is 0 Å². The average molecular weight is 330 g/mol. The summed E-state index contributed by atoms with van der Waals surface area (Å²) in [6.07, 6.45) is 4.85. The van der Waals surface area contributed by atoms with Crippen LogP contribution in [0.2, 0.25) is 0 Å². The number of pyridine rings is 1. The van der Waals surface area contributed by atoms with E-state index in [1.807, 2.05) is 32.0 Å². The molecule has 2 N–H and O–H groups in total. The van der Waals surface area contributed by atoms with Gasteiger partial charge in [-0.1, -0.05) is 0 Å².